The van der Waals surface area contributed by atoms with Gasteiger partial charge < -0.3 is 10.5 Å². The number of hydrogen-bond acceptors (Lipinski definition) is 3. The smallest absolute Gasteiger partial charge is 0.404 e. The van der Waals surface area contributed by atoms with E-state index in [1.807, 2.05) is 0 Å². The van der Waals surface area contributed by atoms with Crippen LogP contribution in [0.1, 0.15) is 20.7 Å². The number of benzene rings is 1. The largest absolute Gasteiger partial charge is 0.573 e. The summed E-state index contributed by atoms with van der Waals surface area (Å²) in [5.41, 5.74) is 3.96. The minimum Gasteiger partial charge on any atom is -0.404 e. The summed E-state index contributed by atoms with van der Waals surface area (Å²) in [7, 11) is 0. The molecule has 16 heavy (non-hydrogen) atoms. The van der Waals surface area contributed by atoms with Gasteiger partial charge in [0, 0.05) is 0 Å². The lowest BCUT2D eigenvalue weighted by atomic mass is 10.1. The molecule has 0 aliphatic carbocycles. The second-order valence-electron chi connectivity index (χ2n) is 2.75. The van der Waals surface area contributed by atoms with E-state index in [1.54, 1.807) is 0 Å². The number of ether oxygens (including phenoxy) is 1. The number of carbonyl (C=O) groups is 2. The maximum atomic E-state index is 12.0. The molecule has 0 aliphatic rings. The SMILES string of the molecule is NC(=O)c1cccc(C=O)c1OC(F)(F)F. The van der Waals surface area contributed by atoms with E-state index in [0.717, 1.165) is 12.1 Å². The molecular formula is C9H6F3NO3. The fraction of sp³-hybridized carbons (Fsp3) is 0.111. The first kappa shape index (κ1) is 12.0. The van der Waals surface area contributed by atoms with Crippen molar-refractivity contribution in [3.8, 4) is 5.75 Å². The molecule has 0 spiro atoms. The van der Waals surface area contributed by atoms with Crippen LogP contribution < -0.4 is 10.5 Å². The van der Waals surface area contributed by atoms with Crippen molar-refractivity contribution in [2.45, 2.75) is 6.36 Å². The Morgan fingerprint density at radius 1 is 1.38 bits per heavy atom. The monoisotopic (exact) mass is 233 g/mol. The van der Waals surface area contributed by atoms with E-state index in [1.165, 1.54) is 6.07 Å². The fourth-order valence-corrected chi connectivity index (χ4v) is 1.07. The lowest BCUT2D eigenvalue weighted by Crippen LogP contribution is -2.22. The Labute approximate surface area is 87.8 Å². The van der Waals surface area contributed by atoms with Crippen LogP contribution in [0.25, 0.3) is 0 Å². The number of carbonyl (C=O) groups excluding carboxylic acids is 2. The van der Waals surface area contributed by atoms with Gasteiger partial charge in [-0.1, -0.05) is 6.07 Å². The molecule has 1 aromatic rings. The van der Waals surface area contributed by atoms with E-state index in [9.17, 15) is 22.8 Å². The number of halogens is 3. The average molecular weight is 233 g/mol. The van der Waals surface area contributed by atoms with Gasteiger partial charge in [-0.25, -0.2) is 0 Å². The Bertz CT molecular complexity index is 428. The van der Waals surface area contributed by atoms with Crippen LogP contribution in [0.15, 0.2) is 18.2 Å². The van der Waals surface area contributed by atoms with E-state index < -0.39 is 29.1 Å². The van der Waals surface area contributed by atoms with Crippen LogP contribution in [0.5, 0.6) is 5.75 Å². The number of aldehydes is 1. The molecule has 0 aliphatic heterocycles. The van der Waals surface area contributed by atoms with Crippen molar-refractivity contribution in [2.75, 3.05) is 0 Å². The molecule has 0 bridgehead atoms. The zero-order chi connectivity index (χ0) is 12.3. The number of alkyl halides is 3. The molecule has 0 aromatic heterocycles. The van der Waals surface area contributed by atoms with Crippen molar-refractivity contribution < 1.29 is 27.5 Å². The van der Waals surface area contributed by atoms with Crippen LogP contribution in [0.4, 0.5) is 13.2 Å². The highest BCUT2D eigenvalue weighted by atomic mass is 19.4. The summed E-state index contributed by atoms with van der Waals surface area (Å²) in [6.45, 7) is 0. The molecule has 0 saturated heterocycles. The van der Waals surface area contributed by atoms with Crippen LogP contribution in [-0.2, 0) is 0 Å². The molecule has 2 N–H and O–H groups in total. The van der Waals surface area contributed by atoms with Crippen LogP contribution >= 0.6 is 0 Å². The quantitative estimate of drug-likeness (QED) is 0.804. The molecule has 0 fully saturated rings. The molecule has 0 saturated carbocycles. The Morgan fingerprint density at radius 2 is 2.00 bits per heavy atom. The van der Waals surface area contributed by atoms with Crippen LogP contribution in [0.2, 0.25) is 0 Å². The molecule has 1 aromatic carbocycles. The van der Waals surface area contributed by atoms with Gasteiger partial charge in [-0.15, -0.1) is 13.2 Å². The molecule has 0 radical (unpaired) electrons. The number of para-hydroxylation sites is 1. The number of rotatable bonds is 3. The zero-order valence-corrected chi connectivity index (χ0v) is 7.75. The highest BCUT2D eigenvalue weighted by Crippen LogP contribution is 2.29. The van der Waals surface area contributed by atoms with Crippen molar-refractivity contribution in [3.63, 3.8) is 0 Å². The van der Waals surface area contributed by atoms with Crippen LogP contribution in [0, 0.1) is 0 Å². The highest BCUT2D eigenvalue weighted by Gasteiger charge is 2.33. The summed E-state index contributed by atoms with van der Waals surface area (Å²) >= 11 is 0. The van der Waals surface area contributed by atoms with Gasteiger partial charge in [-0.2, -0.15) is 0 Å². The van der Waals surface area contributed by atoms with Gasteiger partial charge in [-0.3, -0.25) is 9.59 Å². The van der Waals surface area contributed by atoms with Gasteiger partial charge in [-0.05, 0) is 12.1 Å². The summed E-state index contributed by atoms with van der Waals surface area (Å²) in [5, 5.41) is 0. The molecule has 7 heteroatoms. The zero-order valence-electron chi connectivity index (χ0n) is 7.75. The van der Waals surface area contributed by atoms with E-state index in [2.05, 4.69) is 4.74 Å². The Kier molecular flexibility index (Phi) is 3.17. The first-order valence-corrected chi connectivity index (χ1v) is 3.99. The Balaban J connectivity index is 3.30. The summed E-state index contributed by atoms with van der Waals surface area (Å²) in [4.78, 5) is 21.3. The summed E-state index contributed by atoms with van der Waals surface area (Å²) < 4.78 is 39.6. The number of nitrogens with two attached hydrogens (primary N) is 1. The summed E-state index contributed by atoms with van der Waals surface area (Å²) in [6.07, 6.45) is -4.85. The minimum absolute atomic E-state index is 0.146. The predicted molar refractivity (Wildman–Crippen MR) is 47.0 cm³/mol. The lowest BCUT2D eigenvalue weighted by Gasteiger charge is -2.13. The van der Waals surface area contributed by atoms with Crippen LogP contribution in [-0.4, -0.2) is 18.6 Å². The van der Waals surface area contributed by atoms with Gasteiger partial charge in [0.1, 0.15) is 0 Å². The topological polar surface area (TPSA) is 69.4 Å². The summed E-state index contributed by atoms with van der Waals surface area (Å²) in [5.74, 6) is -1.99. The normalized spacial score (nSPS) is 10.9. The fourth-order valence-electron chi connectivity index (χ4n) is 1.07. The third kappa shape index (κ3) is 2.72. The van der Waals surface area contributed by atoms with Crippen molar-refractivity contribution >= 4 is 12.2 Å². The van der Waals surface area contributed by atoms with Gasteiger partial charge in [0.25, 0.3) is 5.91 Å². The average Bonchev–Trinajstić information content (AvgIpc) is 2.15. The number of hydrogen-bond donors (Lipinski definition) is 1. The molecule has 1 rings (SSSR count). The standard InChI is InChI=1S/C9H6F3NO3/c10-9(11,12)16-7-5(4-14)2-1-3-6(7)8(13)15/h1-4H,(H2,13,15). The van der Waals surface area contributed by atoms with Gasteiger partial charge in [0.2, 0.25) is 0 Å². The molecule has 0 heterocycles. The second kappa shape index (κ2) is 4.21. The van der Waals surface area contributed by atoms with E-state index >= 15 is 0 Å². The molecule has 0 atom stereocenters. The first-order valence-electron chi connectivity index (χ1n) is 3.99. The van der Waals surface area contributed by atoms with Crippen molar-refractivity contribution in [1.82, 2.24) is 0 Å². The highest BCUT2D eigenvalue weighted by molar-refractivity contribution is 5.98. The molecule has 4 nitrogen and oxygen atoms in total. The van der Waals surface area contributed by atoms with E-state index in [0.29, 0.717) is 0 Å². The Morgan fingerprint density at radius 3 is 2.44 bits per heavy atom. The predicted octanol–water partition coefficient (Wildman–Crippen LogP) is 1.50. The number of primary amides is 1. The minimum atomic E-state index is -5.00. The third-order valence-corrected chi connectivity index (χ3v) is 1.66. The molecular weight excluding hydrogens is 227 g/mol. The van der Waals surface area contributed by atoms with Gasteiger partial charge >= 0.3 is 6.36 Å². The Hall–Kier alpha value is -2.05. The third-order valence-electron chi connectivity index (χ3n) is 1.66. The number of amides is 1. The second-order valence-corrected chi connectivity index (χ2v) is 2.75. The van der Waals surface area contributed by atoms with Crippen molar-refractivity contribution in [2.24, 2.45) is 5.73 Å². The molecule has 1 amide bonds. The lowest BCUT2D eigenvalue weighted by molar-refractivity contribution is -0.274. The maximum absolute atomic E-state index is 12.0. The van der Waals surface area contributed by atoms with Crippen LogP contribution in [0.3, 0.4) is 0 Å². The van der Waals surface area contributed by atoms with E-state index in [-0.39, 0.29) is 6.29 Å². The van der Waals surface area contributed by atoms with Gasteiger partial charge in [0.05, 0.1) is 11.1 Å². The first-order chi connectivity index (χ1) is 7.35. The van der Waals surface area contributed by atoms with Gasteiger partial charge in [0.15, 0.2) is 12.0 Å². The summed E-state index contributed by atoms with van der Waals surface area (Å²) in [6, 6.07) is 3.35. The molecule has 0 unspecified atom stereocenters. The van der Waals surface area contributed by atoms with E-state index in [4.69, 9.17) is 5.73 Å². The maximum Gasteiger partial charge on any atom is 0.573 e. The van der Waals surface area contributed by atoms with Crippen molar-refractivity contribution in [3.05, 3.63) is 29.3 Å². The van der Waals surface area contributed by atoms with Crippen molar-refractivity contribution in [1.29, 1.82) is 0 Å². The molecule has 86 valence electrons.